The van der Waals surface area contributed by atoms with Crippen LogP contribution in [0.2, 0.25) is 0 Å². The van der Waals surface area contributed by atoms with Crippen molar-refractivity contribution in [2.75, 3.05) is 13.1 Å². The van der Waals surface area contributed by atoms with E-state index in [0.29, 0.717) is 18.4 Å². The molecular weight excluding hydrogens is 492 g/mol. The lowest BCUT2D eigenvalue weighted by Crippen LogP contribution is -2.51. The second kappa shape index (κ2) is 8.69. The van der Waals surface area contributed by atoms with Crippen LogP contribution in [0.5, 0.6) is 0 Å². The molecule has 0 aliphatic carbocycles. The summed E-state index contributed by atoms with van der Waals surface area (Å²) in [6.07, 6.45) is 2.50. The molecule has 0 unspecified atom stereocenters. The quantitative estimate of drug-likeness (QED) is 0.494. The minimum Gasteiger partial charge on any atom is -0.342 e. The molecule has 3 aromatic rings. The molecule has 3 aliphatic heterocycles. The van der Waals surface area contributed by atoms with Crippen LogP contribution in [0.1, 0.15) is 47.8 Å². The van der Waals surface area contributed by atoms with Gasteiger partial charge in [-0.25, -0.2) is 22.2 Å². The van der Waals surface area contributed by atoms with Crippen LogP contribution >= 0.6 is 0 Å². The molecule has 2 amide bonds. The van der Waals surface area contributed by atoms with E-state index >= 15 is 0 Å². The molecule has 6 rings (SSSR count). The molecule has 0 N–H and O–H groups in total. The molecule has 3 fully saturated rings. The van der Waals surface area contributed by atoms with Gasteiger partial charge in [0, 0.05) is 38.2 Å². The first-order valence-electron chi connectivity index (χ1n) is 12.0. The Hall–Kier alpha value is -3.73. The number of fused-ring (bicyclic) bond motifs is 1. The predicted molar refractivity (Wildman–Crippen MR) is 121 cm³/mol. The van der Waals surface area contributed by atoms with E-state index in [4.69, 9.17) is 4.74 Å². The number of hydrogen-bond donors (Lipinski definition) is 0. The number of likely N-dealkylation sites (tertiary alicyclic amines) is 1. The Bertz CT molecular complexity index is 1380. The molecule has 2 aromatic carbocycles. The Morgan fingerprint density at radius 1 is 1.00 bits per heavy atom. The Balaban J connectivity index is 1.15. The SMILES string of the molecule is O=C(c1ccn(-c2cccc(F)c2F)n1)N1CCC2(CC1)O[C@@H]1CC[C@@H](c3cc(F)cc(F)c3)N1C2=O. The standard InChI is InChI=1S/C26H22F4N4O3/c27-16-12-15(13-17(28)14-16)20-4-5-22-34(20)25(36)26(37-22)7-10-32(11-8-26)24(35)19-6-9-33(31-19)21-3-1-2-18(29)23(21)30/h1-3,6,9,12-14,20,22H,4-5,7-8,10-11H2/t20-,22+/m0/s1. The summed E-state index contributed by atoms with van der Waals surface area (Å²) in [7, 11) is 0. The molecule has 0 saturated carbocycles. The molecule has 11 heteroatoms. The van der Waals surface area contributed by atoms with E-state index in [1.165, 1.54) is 36.5 Å². The summed E-state index contributed by atoms with van der Waals surface area (Å²) < 4.78 is 62.6. The third kappa shape index (κ3) is 3.88. The number of amides is 2. The van der Waals surface area contributed by atoms with E-state index in [9.17, 15) is 27.2 Å². The highest BCUT2D eigenvalue weighted by atomic mass is 19.2. The largest absolute Gasteiger partial charge is 0.342 e. The first-order valence-corrected chi connectivity index (χ1v) is 12.0. The van der Waals surface area contributed by atoms with E-state index in [1.54, 1.807) is 9.80 Å². The Labute approximate surface area is 209 Å². The van der Waals surface area contributed by atoms with Gasteiger partial charge in [0.25, 0.3) is 11.8 Å². The van der Waals surface area contributed by atoms with Gasteiger partial charge < -0.3 is 14.5 Å². The van der Waals surface area contributed by atoms with Crippen molar-refractivity contribution in [1.29, 1.82) is 0 Å². The van der Waals surface area contributed by atoms with Gasteiger partial charge in [-0.15, -0.1) is 0 Å². The molecule has 3 saturated heterocycles. The van der Waals surface area contributed by atoms with E-state index in [1.807, 2.05) is 0 Å². The number of carbonyl (C=O) groups excluding carboxylic acids is 2. The van der Waals surface area contributed by atoms with Crippen LogP contribution in [-0.4, -0.2) is 56.3 Å². The lowest BCUT2D eigenvalue weighted by atomic mass is 9.89. The maximum absolute atomic E-state index is 14.1. The summed E-state index contributed by atoms with van der Waals surface area (Å²) in [6, 6.07) is 7.92. The molecule has 7 nitrogen and oxygen atoms in total. The van der Waals surface area contributed by atoms with E-state index in [-0.39, 0.29) is 43.2 Å². The summed E-state index contributed by atoms with van der Waals surface area (Å²) in [5.41, 5.74) is -0.760. The highest BCUT2D eigenvalue weighted by molar-refractivity contribution is 5.93. The van der Waals surface area contributed by atoms with Crippen LogP contribution in [0.15, 0.2) is 48.7 Å². The number of ether oxygens (including phenoxy) is 1. The monoisotopic (exact) mass is 514 g/mol. The third-order valence-corrected chi connectivity index (χ3v) is 7.43. The number of carbonyl (C=O) groups is 2. The predicted octanol–water partition coefficient (Wildman–Crippen LogP) is 4.12. The third-order valence-electron chi connectivity index (χ3n) is 7.43. The molecule has 4 heterocycles. The van der Waals surface area contributed by atoms with E-state index in [0.717, 1.165) is 16.8 Å². The average molecular weight is 514 g/mol. The molecule has 192 valence electrons. The number of rotatable bonds is 3. The maximum atomic E-state index is 14.1. The van der Waals surface area contributed by atoms with Crippen molar-refractivity contribution in [3.63, 3.8) is 0 Å². The summed E-state index contributed by atoms with van der Waals surface area (Å²) in [6.45, 7) is 0.456. The topological polar surface area (TPSA) is 67.7 Å². The Morgan fingerprint density at radius 3 is 2.46 bits per heavy atom. The minimum atomic E-state index is -1.10. The van der Waals surface area contributed by atoms with E-state index in [2.05, 4.69) is 5.10 Å². The van der Waals surface area contributed by atoms with Crippen molar-refractivity contribution in [1.82, 2.24) is 19.6 Å². The van der Waals surface area contributed by atoms with Crippen LogP contribution in [0, 0.1) is 23.3 Å². The Morgan fingerprint density at radius 2 is 1.73 bits per heavy atom. The van der Waals surface area contributed by atoms with Crippen LogP contribution in [0.3, 0.4) is 0 Å². The number of nitrogens with zero attached hydrogens (tertiary/aromatic N) is 4. The fourth-order valence-corrected chi connectivity index (χ4v) is 5.61. The molecule has 0 bridgehead atoms. The lowest BCUT2D eigenvalue weighted by Gasteiger charge is -2.37. The average Bonchev–Trinajstić information content (AvgIpc) is 3.57. The molecule has 1 aromatic heterocycles. The van der Waals surface area contributed by atoms with Crippen molar-refractivity contribution in [3.05, 3.63) is 83.2 Å². The number of halogens is 4. The second-order valence-electron chi connectivity index (χ2n) is 9.59. The van der Waals surface area contributed by atoms with Gasteiger partial charge in [-0.05, 0) is 48.7 Å². The zero-order valence-corrected chi connectivity index (χ0v) is 19.5. The maximum Gasteiger partial charge on any atom is 0.274 e. The van der Waals surface area contributed by atoms with Gasteiger partial charge in [0.05, 0.1) is 6.04 Å². The molecule has 3 aliphatic rings. The highest BCUT2D eigenvalue weighted by Crippen LogP contribution is 2.47. The molecule has 0 radical (unpaired) electrons. The van der Waals surface area contributed by atoms with Crippen LogP contribution < -0.4 is 0 Å². The smallest absolute Gasteiger partial charge is 0.274 e. The summed E-state index contributed by atoms with van der Waals surface area (Å²) in [5, 5.41) is 4.12. The minimum absolute atomic E-state index is 0.0621. The fourth-order valence-electron chi connectivity index (χ4n) is 5.61. The van der Waals surface area contributed by atoms with Crippen molar-refractivity contribution >= 4 is 11.8 Å². The summed E-state index contributed by atoms with van der Waals surface area (Å²) in [5.74, 6) is -4.12. The molecule has 37 heavy (non-hydrogen) atoms. The number of piperidine rings is 1. The Kier molecular flexibility index (Phi) is 5.55. The summed E-state index contributed by atoms with van der Waals surface area (Å²) >= 11 is 0. The molecule has 2 atom stereocenters. The second-order valence-corrected chi connectivity index (χ2v) is 9.59. The fraction of sp³-hybridized carbons (Fsp3) is 0.346. The molecular formula is C26H22F4N4O3. The van der Waals surface area contributed by atoms with Gasteiger partial charge >= 0.3 is 0 Å². The van der Waals surface area contributed by atoms with Crippen molar-refractivity contribution in [2.45, 2.75) is 43.6 Å². The van der Waals surface area contributed by atoms with Gasteiger partial charge in [0.1, 0.15) is 23.5 Å². The van der Waals surface area contributed by atoms with Gasteiger partial charge in [0.15, 0.2) is 22.9 Å². The van der Waals surface area contributed by atoms with Gasteiger partial charge in [-0.2, -0.15) is 5.10 Å². The van der Waals surface area contributed by atoms with Crippen molar-refractivity contribution < 1.29 is 31.9 Å². The number of hydrogen-bond acceptors (Lipinski definition) is 4. The van der Waals surface area contributed by atoms with Gasteiger partial charge in [-0.1, -0.05) is 6.07 Å². The van der Waals surface area contributed by atoms with E-state index < -0.39 is 47.0 Å². The lowest BCUT2D eigenvalue weighted by molar-refractivity contribution is -0.142. The highest BCUT2D eigenvalue weighted by Gasteiger charge is 2.58. The zero-order chi connectivity index (χ0) is 25.9. The van der Waals surface area contributed by atoms with Crippen LogP contribution in [0.4, 0.5) is 17.6 Å². The molecule has 1 spiro atoms. The summed E-state index contributed by atoms with van der Waals surface area (Å²) in [4.78, 5) is 29.7. The van der Waals surface area contributed by atoms with Crippen molar-refractivity contribution in [3.8, 4) is 5.69 Å². The number of aromatic nitrogens is 2. The van der Waals surface area contributed by atoms with Crippen LogP contribution in [-0.2, 0) is 9.53 Å². The first-order chi connectivity index (χ1) is 17.8. The van der Waals surface area contributed by atoms with Crippen LogP contribution in [0.25, 0.3) is 5.69 Å². The zero-order valence-electron chi connectivity index (χ0n) is 19.5. The first kappa shape index (κ1) is 23.7. The van der Waals surface area contributed by atoms with Crippen molar-refractivity contribution in [2.24, 2.45) is 0 Å². The van der Waals surface area contributed by atoms with Gasteiger partial charge in [-0.3, -0.25) is 9.59 Å². The van der Waals surface area contributed by atoms with Gasteiger partial charge in [0.2, 0.25) is 0 Å². The normalized spacial score (nSPS) is 22.6. The number of benzene rings is 2.